The zero-order valence-corrected chi connectivity index (χ0v) is 11.9. The van der Waals surface area contributed by atoms with Crippen molar-refractivity contribution in [1.82, 2.24) is 0 Å². The smallest absolute Gasteiger partial charge is 0.0804 e. The summed E-state index contributed by atoms with van der Waals surface area (Å²) in [6.45, 7) is 4.07. The summed E-state index contributed by atoms with van der Waals surface area (Å²) in [5.41, 5.74) is 6.06. The molecular weight excluding hydrogens is 222 g/mol. The molecule has 3 saturated carbocycles. The van der Waals surface area contributed by atoms with Gasteiger partial charge in [-0.25, -0.2) is 0 Å². The highest BCUT2D eigenvalue weighted by Gasteiger charge is 2.41. The van der Waals surface area contributed by atoms with E-state index in [0.717, 1.165) is 36.8 Å². The van der Waals surface area contributed by atoms with Crippen LogP contribution in [0.1, 0.15) is 58.3 Å². The normalized spacial score (nSPS) is 47.7. The van der Waals surface area contributed by atoms with Crippen LogP contribution in [0.15, 0.2) is 0 Å². The molecule has 104 valence electrons. The number of hydrogen-bond acceptors (Lipinski definition) is 2. The van der Waals surface area contributed by atoms with Crippen molar-refractivity contribution in [2.75, 3.05) is 13.2 Å². The maximum Gasteiger partial charge on any atom is 0.0804 e. The number of nitrogens with two attached hydrogens (primary N) is 1. The molecule has 2 bridgehead atoms. The third kappa shape index (κ3) is 2.46. The highest BCUT2D eigenvalue weighted by Crippen LogP contribution is 2.49. The lowest BCUT2D eigenvalue weighted by molar-refractivity contribution is -0.0882. The van der Waals surface area contributed by atoms with E-state index < -0.39 is 0 Å². The van der Waals surface area contributed by atoms with Crippen LogP contribution in [-0.4, -0.2) is 18.8 Å². The highest BCUT2D eigenvalue weighted by atomic mass is 16.5. The van der Waals surface area contributed by atoms with Crippen LogP contribution in [-0.2, 0) is 4.74 Å². The van der Waals surface area contributed by atoms with E-state index in [1.165, 1.54) is 51.4 Å². The standard InChI is InChI=1S/C16H29NO/c1-12-4-6-16(11-17,7-5-12)18-10-15-9-13-2-3-14(15)8-13/h12-15H,2-11,17H2,1H3. The van der Waals surface area contributed by atoms with E-state index in [-0.39, 0.29) is 5.60 Å². The molecule has 0 aliphatic heterocycles. The SMILES string of the molecule is CC1CCC(CN)(OCC2CC3CCC2C3)CC1. The Kier molecular flexibility index (Phi) is 3.68. The minimum Gasteiger partial charge on any atom is -0.373 e. The van der Waals surface area contributed by atoms with Gasteiger partial charge < -0.3 is 10.5 Å². The van der Waals surface area contributed by atoms with Crippen LogP contribution in [0, 0.1) is 23.7 Å². The quantitative estimate of drug-likeness (QED) is 0.831. The van der Waals surface area contributed by atoms with Crippen LogP contribution in [0.25, 0.3) is 0 Å². The van der Waals surface area contributed by atoms with E-state index in [4.69, 9.17) is 10.5 Å². The lowest BCUT2D eigenvalue weighted by Crippen LogP contribution is -2.45. The fourth-order valence-electron chi connectivity index (χ4n) is 4.56. The molecule has 3 atom stereocenters. The maximum atomic E-state index is 6.38. The molecule has 18 heavy (non-hydrogen) atoms. The second-order valence-electron chi connectivity index (χ2n) is 7.32. The van der Waals surface area contributed by atoms with Crippen molar-refractivity contribution >= 4 is 0 Å². The van der Waals surface area contributed by atoms with E-state index >= 15 is 0 Å². The first kappa shape index (κ1) is 12.9. The number of fused-ring (bicyclic) bond motifs is 2. The summed E-state index contributed by atoms with van der Waals surface area (Å²) in [6.07, 6.45) is 10.8. The average molecular weight is 251 g/mol. The maximum absolute atomic E-state index is 6.38. The number of hydrogen-bond donors (Lipinski definition) is 1. The summed E-state index contributed by atoms with van der Waals surface area (Å²) in [5.74, 6) is 3.73. The lowest BCUT2D eigenvalue weighted by Gasteiger charge is -2.39. The van der Waals surface area contributed by atoms with Gasteiger partial charge in [0.05, 0.1) is 12.2 Å². The molecule has 3 fully saturated rings. The first-order valence-corrected chi connectivity index (χ1v) is 8.05. The summed E-state index contributed by atoms with van der Waals surface area (Å²) in [7, 11) is 0. The molecule has 3 aliphatic rings. The van der Waals surface area contributed by atoms with Crippen LogP contribution in [0.4, 0.5) is 0 Å². The predicted octanol–water partition coefficient (Wildman–Crippen LogP) is 3.35. The Hall–Kier alpha value is -0.0800. The molecule has 0 aromatic carbocycles. The molecule has 0 aromatic rings. The summed E-state index contributed by atoms with van der Waals surface area (Å²) in [6, 6.07) is 0. The van der Waals surface area contributed by atoms with Crippen LogP contribution in [0.5, 0.6) is 0 Å². The highest BCUT2D eigenvalue weighted by molar-refractivity contribution is 4.92. The number of rotatable bonds is 4. The molecular formula is C16H29NO. The van der Waals surface area contributed by atoms with Gasteiger partial charge in [-0.15, -0.1) is 0 Å². The summed E-state index contributed by atoms with van der Waals surface area (Å²) in [4.78, 5) is 0. The van der Waals surface area contributed by atoms with Gasteiger partial charge in [-0.05, 0) is 68.6 Å². The van der Waals surface area contributed by atoms with Gasteiger partial charge in [0, 0.05) is 6.54 Å². The third-order valence-electron chi connectivity index (χ3n) is 6.05. The van der Waals surface area contributed by atoms with Gasteiger partial charge >= 0.3 is 0 Å². The van der Waals surface area contributed by atoms with Crippen LogP contribution in [0.2, 0.25) is 0 Å². The van der Waals surface area contributed by atoms with Crippen molar-refractivity contribution in [3.05, 3.63) is 0 Å². The minimum atomic E-state index is 0.0361. The van der Waals surface area contributed by atoms with Crippen LogP contribution < -0.4 is 5.73 Å². The Morgan fingerprint density at radius 1 is 1.11 bits per heavy atom. The molecule has 3 aliphatic carbocycles. The zero-order chi connectivity index (χ0) is 12.6. The minimum absolute atomic E-state index is 0.0361. The molecule has 2 heteroatoms. The van der Waals surface area contributed by atoms with E-state index in [2.05, 4.69) is 6.92 Å². The Bertz CT molecular complexity index is 283. The fraction of sp³-hybridized carbons (Fsp3) is 1.00. The van der Waals surface area contributed by atoms with Crippen LogP contribution in [0.3, 0.4) is 0 Å². The first-order valence-electron chi connectivity index (χ1n) is 8.05. The first-order chi connectivity index (χ1) is 8.71. The van der Waals surface area contributed by atoms with Crippen molar-refractivity contribution in [3.63, 3.8) is 0 Å². The predicted molar refractivity (Wildman–Crippen MR) is 74.3 cm³/mol. The van der Waals surface area contributed by atoms with Crippen molar-refractivity contribution in [3.8, 4) is 0 Å². The summed E-state index contributed by atoms with van der Waals surface area (Å²) >= 11 is 0. The lowest BCUT2D eigenvalue weighted by atomic mass is 9.79. The third-order valence-corrected chi connectivity index (χ3v) is 6.05. The van der Waals surface area contributed by atoms with Gasteiger partial charge in [-0.3, -0.25) is 0 Å². The Labute approximate surface area is 112 Å². The van der Waals surface area contributed by atoms with E-state index in [1.54, 1.807) is 0 Å². The van der Waals surface area contributed by atoms with Gasteiger partial charge in [0.25, 0.3) is 0 Å². The van der Waals surface area contributed by atoms with Crippen molar-refractivity contribution in [1.29, 1.82) is 0 Å². The van der Waals surface area contributed by atoms with Crippen molar-refractivity contribution in [2.24, 2.45) is 29.4 Å². The van der Waals surface area contributed by atoms with E-state index in [9.17, 15) is 0 Å². The average Bonchev–Trinajstić information content (AvgIpc) is 3.01. The van der Waals surface area contributed by atoms with Crippen molar-refractivity contribution in [2.45, 2.75) is 63.9 Å². The molecule has 0 radical (unpaired) electrons. The van der Waals surface area contributed by atoms with Crippen LogP contribution >= 0.6 is 0 Å². The Morgan fingerprint density at radius 2 is 1.89 bits per heavy atom. The van der Waals surface area contributed by atoms with E-state index in [1.807, 2.05) is 0 Å². The Balaban J connectivity index is 1.51. The zero-order valence-electron chi connectivity index (χ0n) is 11.9. The summed E-state index contributed by atoms with van der Waals surface area (Å²) in [5, 5.41) is 0. The molecule has 2 nitrogen and oxygen atoms in total. The molecule has 0 saturated heterocycles. The van der Waals surface area contributed by atoms with Gasteiger partial charge in [0.15, 0.2) is 0 Å². The number of ether oxygens (including phenoxy) is 1. The molecule has 0 spiro atoms. The second-order valence-corrected chi connectivity index (χ2v) is 7.32. The topological polar surface area (TPSA) is 35.2 Å². The van der Waals surface area contributed by atoms with Gasteiger partial charge in [0.2, 0.25) is 0 Å². The molecule has 0 amide bonds. The summed E-state index contributed by atoms with van der Waals surface area (Å²) < 4.78 is 6.38. The van der Waals surface area contributed by atoms with E-state index in [0.29, 0.717) is 0 Å². The van der Waals surface area contributed by atoms with Gasteiger partial charge in [-0.1, -0.05) is 13.3 Å². The monoisotopic (exact) mass is 251 g/mol. The van der Waals surface area contributed by atoms with Gasteiger partial charge in [-0.2, -0.15) is 0 Å². The Morgan fingerprint density at radius 3 is 2.44 bits per heavy atom. The fourth-order valence-corrected chi connectivity index (χ4v) is 4.56. The molecule has 3 rings (SSSR count). The second kappa shape index (κ2) is 5.13. The largest absolute Gasteiger partial charge is 0.373 e. The van der Waals surface area contributed by atoms with Crippen molar-refractivity contribution < 1.29 is 4.74 Å². The molecule has 3 unspecified atom stereocenters. The molecule has 0 heterocycles. The molecule has 2 N–H and O–H groups in total. The molecule has 0 aromatic heterocycles. The van der Waals surface area contributed by atoms with Gasteiger partial charge in [0.1, 0.15) is 0 Å².